The summed E-state index contributed by atoms with van der Waals surface area (Å²) in [6.07, 6.45) is 11.2. The minimum Gasteiger partial charge on any atom is -0.299 e. The van der Waals surface area contributed by atoms with E-state index in [1.807, 2.05) is 0 Å². The van der Waals surface area contributed by atoms with Gasteiger partial charge in [-0.3, -0.25) is 4.79 Å². The summed E-state index contributed by atoms with van der Waals surface area (Å²) in [5, 5.41) is 0. The third-order valence-corrected chi connectivity index (χ3v) is 10.6. The molecule has 5 aliphatic carbocycles. The molecule has 0 unspecified atom stereocenters. The van der Waals surface area contributed by atoms with Crippen LogP contribution in [0.3, 0.4) is 0 Å². The van der Waals surface area contributed by atoms with E-state index in [1.165, 1.54) is 51.4 Å². The molecule has 0 bridgehead atoms. The molecule has 5 rings (SSSR count). The van der Waals surface area contributed by atoms with Gasteiger partial charge in [-0.15, -0.1) is 0 Å². The molecule has 0 N–H and O–H groups in total. The molecule has 5 aliphatic rings. The lowest BCUT2D eigenvalue weighted by molar-refractivity contribution is -0.137. The third-order valence-electron chi connectivity index (χ3n) is 10.6. The molecule has 0 saturated heterocycles. The Labute approximate surface area is 160 Å². The molecule has 1 nitrogen and oxygen atoms in total. The van der Waals surface area contributed by atoms with E-state index in [4.69, 9.17) is 0 Å². The maximum atomic E-state index is 13.6. The van der Waals surface area contributed by atoms with Gasteiger partial charge < -0.3 is 0 Å². The Balaban J connectivity index is 1.59. The summed E-state index contributed by atoms with van der Waals surface area (Å²) in [6.45, 7) is 12.4. The minimum absolute atomic E-state index is 0.0184. The smallest absolute Gasteiger partial charge is 0.144 e. The molecular formula is C25H38O. The van der Waals surface area contributed by atoms with Crippen LogP contribution in [-0.2, 0) is 4.79 Å². The van der Waals surface area contributed by atoms with Gasteiger partial charge in [0.05, 0.1) is 0 Å². The van der Waals surface area contributed by atoms with E-state index in [-0.39, 0.29) is 10.8 Å². The van der Waals surface area contributed by atoms with Gasteiger partial charge in [-0.1, -0.05) is 45.8 Å². The number of rotatable bonds is 1. The molecule has 0 heterocycles. The quantitative estimate of drug-likeness (QED) is 0.487. The molecule has 1 spiro atoms. The maximum Gasteiger partial charge on any atom is 0.144 e. The molecular weight excluding hydrogens is 316 g/mol. The van der Waals surface area contributed by atoms with Crippen LogP contribution in [0.5, 0.6) is 0 Å². The summed E-state index contributed by atoms with van der Waals surface area (Å²) in [4.78, 5) is 13.6. The number of allylic oxidation sites excluding steroid dienone is 2. The van der Waals surface area contributed by atoms with Gasteiger partial charge in [-0.05, 0) is 86.4 Å². The number of Topliss-reactive ketones (excluding diaryl/α,β-unsaturated/α-hetero) is 1. The van der Waals surface area contributed by atoms with Crippen molar-refractivity contribution in [2.45, 2.75) is 92.4 Å². The SMILES string of the molecule is CC(C)[C@@H]1CC[C@]2(C)CC3=C(CC(=O)[C@@]45CC[C@@H](C)[C@@H]4CC[C@@]35C)C[C@@H]12. The lowest BCUT2D eigenvalue weighted by atomic mass is 9.48. The molecule has 144 valence electrons. The highest BCUT2D eigenvalue weighted by molar-refractivity contribution is 5.91. The van der Waals surface area contributed by atoms with E-state index in [1.54, 1.807) is 11.1 Å². The van der Waals surface area contributed by atoms with E-state index >= 15 is 0 Å². The van der Waals surface area contributed by atoms with E-state index in [2.05, 4.69) is 34.6 Å². The monoisotopic (exact) mass is 354 g/mol. The molecule has 0 aromatic heterocycles. The number of hydrogen-bond donors (Lipinski definition) is 0. The van der Waals surface area contributed by atoms with Crippen LogP contribution in [0.1, 0.15) is 92.4 Å². The summed E-state index contributed by atoms with van der Waals surface area (Å²) < 4.78 is 0. The summed E-state index contributed by atoms with van der Waals surface area (Å²) in [5.41, 5.74) is 4.11. The number of fused-ring (bicyclic) bond motifs is 2. The largest absolute Gasteiger partial charge is 0.299 e. The Bertz CT molecular complexity index is 686. The van der Waals surface area contributed by atoms with Crippen molar-refractivity contribution in [1.29, 1.82) is 0 Å². The van der Waals surface area contributed by atoms with Crippen molar-refractivity contribution >= 4 is 5.78 Å². The summed E-state index contributed by atoms with van der Waals surface area (Å²) in [5.74, 6) is 4.56. The predicted molar refractivity (Wildman–Crippen MR) is 107 cm³/mol. The predicted octanol–water partition coefficient (Wildman–Crippen LogP) is 6.57. The number of carbonyl (C=O) groups is 1. The molecule has 1 heteroatoms. The van der Waals surface area contributed by atoms with Crippen molar-refractivity contribution in [1.82, 2.24) is 0 Å². The van der Waals surface area contributed by atoms with Crippen molar-refractivity contribution in [3.05, 3.63) is 11.1 Å². The molecule has 26 heavy (non-hydrogen) atoms. The Morgan fingerprint density at radius 3 is 2.50 bits per heavy atom. The zero-order valence-electron chi connectivity index (χ0n) is 17.7. The van der Waals surface area contributed by atoms with Gasteiger partial charge in [0, 0.05) is 17.3 Å². The summed E-state index contributed by atoms with van der Waals surface area (Å²) in [6, 6.07) is 0. The van der Waals surface area contributed by atoms with Crippen molar-refractivity contribution in [3.63, 3.8) is 0 Å². The second kappa shape index (κ2) is 5.26. The van der Waals surface area contributed by atoms with E-state index in [0.29, 0.717) is 17.1 Å². The number of carbonyl (C=O) groups excluding carboxylic acids is 1. The Morgan fingerprint density at radius 2 is 1.77 bits per heavy atom. The molecule has 0 aromatic carbocycles. The topological polar surface area (TPSA) is 17.1 Å². The fourth-order valence-electron chi connectivity index (χ4n) is 9.13. The highest BCUT2D eigenvalue weighted by Gasteiger charge is 2.69. The van der Waals surface area contributed by atoms with Gasteiger partial charge >= 0.3 is 0 Å². The third kappa shape index (κ3) is 1.86. The molecule has 0 amide bonds. The van der Waals surface area contributed by atoms with Crippen LogP contribution >= 0.6 is 0 Å². The molecule has 0 aromatic rings. The molecule has 0 radical (unpaired) electrons. The molecule has 3 fully saturated rings. The molecule has 0 aliphatic heterocycles. The first-order chi connectivity index (χ1) is 12.2. The van der Waals surface area contributed by atoms with Gasteiger partial charge in [0.1, 0.15) is 5.78 Å². The fraction of sp³-hybridized carbons (Fsp3) is 0.880. The van der Waals surface area contributed by atoms with Crippen molar-refractivity contribution in [3.8, 4) is 0 Å². The molecule has 7 atom stereocenters. The van der Waals surface area contributed by atoms with Gasteiger partial charge in [-0.25, -0.2) is 0 Å². The summed E-state index contributed by atoms with van der Waals surface area (Å²) >= 11 is 0. The Kier molecular flexibility index (Phi) is 3.54. The lowest BCUT2D eigenvalue weighted by Crippen LogP contribution is -2.51. The summed E-state index contributed by atoms with van der Waals surface area (Å²) in [7, 11) is 0. The average molecular weight is 355 g/mol. The van der Waals surface area contributed by atoms with Crippen LogP contribution in [-0.4, -0.2) is 5.78 Å². The second-order valence-corrected chi connectivity index (χ2v) is 11.7. The Hall–Kier alpha value is -0.590. The van der Waals surface area contributed by atoms with E-state index in [0.717, 1.165) is 30.1 Å². The first kappa shape index (κ1) is 17.5. The zero-order valence-corrected chi connectivity index (χ0v) is 17.7. The van der Waals surface area contributed by atoms with Gasteiger partial charge in [0.25, 0.3) is 0 Å². The fourth-order valence-corrected chi connectivity index (χ4v) is 9.13. The van der Waals surface area contributed by atoms with Crippen LogP contribution in [0.25, 0.3) is 0 Å². The van der Waals surface area contributed by atoms with Crippen molar-refractivity contribution in [2.75, 3.05) is 0 Å². The van der Waals surface area contributed by atoms with Crippen molar-refractivity contribution in [2.24, 2.45) is 45.8 Å². The standard InChI is InChI=1S/C25H38O/c1-15(2)18-7-9-23(4)14-21-17(12-20(18)23)13-22(26)25-11-6-16(3)19(25)8-10-24(21,25)5/h15-16,18-20H,6-14H2,1-5H3/t16-,18+,19+,20+,23-,24+,25-/m1/s1. The first-order valence-corrected chi connectivity index (χ1v) is 11.5. The van der Waals surface area contributed by atoms with E-state index < -0.39 is 0 Å². The van der Waals surface area contributed by atoms with Gasteiger partial charge in [0.15, 0.2) is 0 Å². The highest BCUT2D eigenvalue weighted by Crippen LogP contribution is 2.74. The highest BCUT2D eigenvalue weighted by atomic mass is 16.1. The number of hydrogen-bond acceptors (Lipinski definition) is 1. The average Bonchev–Trinajstić information content (AvgIpc) is 3.19. The first-order valence-electron chi connectivity index (χ1n) is 11.5. The lowest BCUT2D eigenvalue weighted by Gasteiger charge is -2.54. The van der Waals surface area contributed by atoms with Crippen LogP contribution in [0.4, 0.5) is 0 Å². The van der Waals surface area contributed by atoms with Gasteiger partial charge in [-0.2, -0.15) is 0 Å². The van der Waals surface area contributed by atoms with Crippen molar-refractivity contribution < 1.29 is 4.79 Å². The van der Waals surface area contributed by atoms with Crippen LogP contribution in [0.15, 0.2) is 11.1 Å². The maximum absolute atomic E-state index is 13.6. The minimum atomic E-state index is 0.0184. The molecule has 3 saturated carbocycles. The number of ketones is 1. The van der Waals surface area contributed by atoms with Crippen LogP contribution in [0, 0.1) is 45.8 Å². The zero-order chi connectivity index (χ0) is 18.5. The Morgan fingerprint density at radius 1 is 1.00 bits per heavy atom. The second-order valence-electron chi connectivity index (χ2n) is 11.7. The van der Waals surface area contributed by atoms with Crippen LogP contribution in [0.2, 0.25) is 0 Å². The normalized spacial score (nSPS) is 52.9. The van der Waals surface area contributed by atoms with E-state index in [9.17, 15) is 4.79 Å². The van der Waals surface area contributed by atoms with Crippen LogP contribution < -0.4 is 0 Å². The van der Waals surface area contributed by atoms with Gasteiger partial charge in [0.2, 0.25) is 0 Å².